The minimum atomic E-state index is -1.19. The van der Waals surface area contributed by atoms with Crippen LogP contribution < -0.4 is 0 Å². The van der Waals surface area contributed by atoms with Crippen LogP contribution in [0.1, 0.15) is 13.8 Å². The Labute approximate surface area is 87.7 Å². The van der Waals surface area contributed by atoms with E-state index in [1.807, 2.05) is 0 Å². The van der Waals surface area contributed by atoms with Gasteiger partial charge in [0.25, 0.3) is 0 Å². The normalized spacial score (nSPS) is 41.3. The summed E-state index contributed by atoms with van der Waals surface area (Å²) in [7, 11) is 1.36. The van der Waals surface area contributed by atoms with Gasteiger partial charge in [-0.25, -0.2) is 0 Å². The molecular formula is C9H16O6. The van der Waals surface area contributed by atoms with Crippen LogP contribution in [0.3, 0.4) is 0 Å². The second-order valence-corrected chi connectivity index (χ2v) is 3.50. The van der Waals surface area contributed by atoms with Crippen LogP contribution in [0.4, 0.5) is 0 Å². The zero-order valence-electron chi connectivity index (χ0n) is 8.91. The first-order chi connectivity index (χ1) is 6.97. The summed E-state index contributed by atoms with van der Waals surface area (Å²) in [6, 6.07) is 0. The van der Waals surface area contributed by atoms with Crippen molar-refractivity contribution in [2.24, 2.45) is 0 Å². The fourth-order valence-corrected chi connectivity index (χ4v) is 1.52. The van der Waals surface area contributed by atoms with Crippen LogP contribution in [0.2, 0.25) is 0 Å². The average molecular weight is 220 g/mol. The number of esters is 1. The van der Waals surface area contributed by atoms with E-state index in [0.717, 1.165) is 0 Å². The smallest absolute Gasteiger partial charge is 0.303 e. The molecule has 0 aromatic carbocycles. The van der Waals surface area contributed by atoms with Gasteiger partial charge in [-0.1, -0.05) is 0 Å². The molecule has 0 aliphatic carbocycles. The molecule has 0 aromatic heterocycles. The Kier molecular flexibility index (Phi) is 4.04. The van der Waals surface area contributed by atoms with Gasteiger partial charge in [-0.2, -0.15) is 0 Å². The van der Waals surface area contributed by atoms with Crippen molar-refractivity contribution in [2.45, 2.75) is 44.6 Å². The molecule has 6 heteroatoms. The van der Waals surface area contributed by atoms with Crippen LogP contribution in [-0.2, 0) is 19.0 Å². The molecule has 1 fully saturated rings. The van der Waals surface area contributed by atoms with Crippen molar-refractivity contribution in [2.75, 3.05) is 7.11 Å². The van der Waals surface area contributed by atoms with Crippen LogP contribution in [-0.4, -0.2) is 54.0 Å². The first-order valence-corrected chi connectivity index (χ1v) is 4.69. The highest BCUT2D eigenvalue weighted by molar-refractivity contribution is 5.66. The minimum Gasteiger partial charge on any atom is -0.457 e. The summed E-state index contributed by atoms with van der Waals surface area (Å²) in [6.07, 6.45) is -4.73. The van der Waals surface area contributed by atoms with Gasteiger partial charge in [-0.15, -0.1) is 0 Å². The monoisotopic (exact) mass is 220 g/mol. The molecule has 0 amide bonds. The third-order valence-electron chi connectivity index (χ3n) is 2.32. The van der Waals surface area contributed by atoms with Gasteiger partial charge in [-0.05, 0) is 6.92 Å². The predicted molar refractivity (Wildman–Crippen MR) is 48.9 cm³/mol. The molecule has 0 saturated carbocycles. The molecule has 2 N–H and O–H groups in total. The number of carbonyl (C=O) groups is 1. The second-order valence-electron chi connectivity index (χ2n) is 3.50. The summed E-state index contributed by atoms with van der Waals surface area (Å²) in [5.41, 5.74) is 0. The molecule has 0 spiro atoms. The van der Waals surface area contributed by atoms with Gasteiger partial charge < -0.3 is 24.4 Å². The van der Waals surface area contributed by atoms with E-state index in [0.29, 0.717) is 0 Å². The van der Waals surface area contributed by atoms with Gasteiger partial charge >= 0.3 is 5.97 Å². The average Bonchev–Trinajstić information content (AvgIpc) is 2.18. The Morgan fingerprint density at radius 2 is 1.93 bits per heavy atom. The molecule has 6 nitrogen and oxygen atoms in total. The van der Waals surface area contributed by atoms with E-state index in [-0.39, 0.29) is 0 Å². The Hall–Kier alpha value is -0.690. The fraction of sp³-hybridized carbons (Fsp3) is 0.889. The van der Waals surface area contributed by atoms with Crippen LogP contribution in [0.5, 0.6) is 0 Å². The zero-order valence-corrected chi connectivity index (χ0v) is 8.91. The molecule has 15 heavy (non-hydrogen) atoms. The van der Waals surface area contributed by atoms with Crippen LogP contribution in [0, 0.1) is 0 Å². The fourth-order valence-electron chi connectivity index (χ4n) is 1.52. The topological polar surface area (TPSA) is 85.2 Å². The Morgan fingerprint density at radius 3 is 2.40 bits per heavy atom. The van der Waals surface area contributed by atoms with Crippen molar-refractivity contribution >= 4 is 5.97 Å². The highest BCUT2D eigenvalue weighted by Gasteiger charge is 2.44. The number of aliphatic hydroxyl groups is 2. The Balaban J connectivity index is 2.74. The van der Waals surface area contributed by atoms with E-state index in [1.54, 1.807) is 6.92 Å². The molecular weight excluding hydrogens is 204 g/mol. The molecule has 1 aliphatic heterocycles. The Morgan fingerprint density at radius 1 is 1.33 bits per heavy atom. The molecule has 1 heterocycles. The lowest BCUT2D eigenvalue weighted by Gasteiger charge is -2.40. The van der Waals surface area contributed by atoms with E-state index < -0.39 is 36.7 Å². The van der Waals surface area contributed by atoms with Gasteiger partial charge in [0.05, 0.1) is 6.10 Å². The van der Waals surface area contributed by atoms with Gasteiger partial charge in [0.2, 0.25) is 0 Å². The van der Waals surface area contributed by atoms with Crippen LogP contribution in [0.25, 0.3) is 0 Å². The maximum absolute atomic E-state index is 10.8. The summed E-state index contributed by atoms with van der Waals surface area (Å²) in [5, 5.41) is 19.3. The predicted octanol–water partition coefficient (Wildman–Crippen LogP) is -0.969. The van der Waals surface area contributed by atoms with Crippen molar-refractivity contribution < 1.29 is 29.2 Å². The van der Waals surface area contributed by atoms with Crippen LogP contribution in [0.15, 0.2) is 0 Å². The number of hydrogen-bond acceptors (Lipinski definition) is 6. The SMILES string of the molecule is CO[C@H]1O[C@H](C)[C@H](O)[C@H](OC(C)=O)[C@H]1O. The largest absolute Gasteiger partial charge is 0.457 e. The summed E-state index contributed by atoms with van der Waals surface area (Å²) >= 11 is 0. The molecule has 1 rings (SSSR count). The van der Waals surface area contributed by atoms with E-state index >= 15 is 0 Å². The highest BCUT2D eigenvalue weighted by atomic mass is 16.7. The third-order valence-corrected chi connectivity index (χ3v) is 2.32. The molecule has 1 aliphatic rings. The zero-order chi connectivity index (χ0) is 11.6. The summed E-state index contributed by atoms with van der Waals surface area (Å²) in [5.74, 6) is -0.568. The number of rotatable bonds is 2. The second kappa shape index (κ2) is 4.89. The molecule has 0 aromatic rings. The number of hydrogen-bond donors (Lipinski definition) is 2. The highest BCUT2D eigenvalue weighted by Crippen LogP contribution is 2.23. The maximum Gasteiger partial charge on any atom is 0.303 e. The molecule has 1 saturated heterocycles. The minimum absolute atomic E-state index is 0.567. The standard InChI is InChI=1S/C9H16O6/c1-4-6(11)8(15-5(2)10)7(12)9(13-3)14-4/h4,6-9,11-12H,1-3H3/t4-,6+,7-,8+,9+/m1/s1. The van der Waals surface area contributed by atoms with E-state index in [1.165, 1.54) is 14.0 Å². The van der Waals surface area contributed by atoms with Gasteiger partial charge in [0, 0.05) is 14.0 Å². The lowest BCUT2D eigenvalue weighted by Crippen LogP contribution is -2.58. The lowest BCUT2D eigenvalue weighted by molar-refractivity contribution is -0.288. The van der Waals surface area contributed by atoms with Crippen LogP contribution >= 0.6 is 0 Å². The van der Waals surface area contributed by atoms with E-state index in [4.69, 9.17) is 14.2 Å². The lowest BCUT2D eigenvalue weighted by atomic mass is 10.00. The summed E-state index contributed by atoms with van der Waals surface area (Å²) in [4.78, 5) is 10.8. The summed E-state index contributed by atoms with van der Waals surface area (Å²) in [6.45, 7) is 2.82. The number of aliphatic hydroxyl groups excluding tert-OH is 2. The van der Waals surface area contributed by atoms with Crippen molar-refractivity contribution in [3.8, 4) is 0 Å². The van der Waals surface area contributed by atoms with Gasteiger partial charge in [-0.3, -0.25) is 4.79 Å². The first-order valence-electron chi connectivity index (χ1n) is 4.69. The first kappa shape index (κ1) is 12.4. The van der Waals surface area contributed by atoms with E-state index in [9.17, 15) is 15.0 Å². The van der Waals surface area contributed by atoms with Crippen molar-refractivity contribution in [1.29, 1.82) is 0 Å². The number of carbonyl (C=O) groups excluding carboxylic acids is 1. The third kappa shape index (κ3) is 2.66. The molecule has 0 unspecified atom stereocenters. The Bertz CT molecular complexity index is 231. The quantitative estimate of drug-likeness (QED) is 0.582. The van der Waals surface area contributed by atoms with E-state index in [2.05, 4.69) is 0 Å². The van der Waals surface area contributed by atoms with Crippen molar-refractivity contribution in [3.05, 3.63) is 0 Å². The van der Waals surface area contributed by atoms with Crippen molar-refractivity contribution in [1.82, 2.24) is 0 Å². The number of ether oxygens (including phenoxy) is 3. The maximum atomic E-state index is 10.8. The number of methoxy groups -OCH3 is 1. The van der Waals surface area contributed by atoms with Gasteiger partial charge in [0.15, 0.2) is 12.4 Å². The summed E-state index contributed by atoms with van der Waals surface area (Å²) < 4.78 is 14.8. The molecule has 88 valence electrons. The molecule has 0 bridgehead atoms. The molecule has 0 radical (unpaired) electrons. The molecule has 5 atom stereocenters. The van der Waals surface area contributed by atoms with Crippen molar-refractivity contribution in [3.63, 3.8) is 0 Å². The van der Waals surface area contributed by atoms with Gasteiger partial charge in [0.1, 0.15) is 12.2 Å².